The van der Waals surface area contributed by atoms with Crippen LogP contribution in [-0.2, 0) is 6.61 Å². The highest BCUT2D eigenvalue weighted by Crippen LogP contribution is 2.18. The van der Waals surface area contributed by atoms with Crippen molar-refractivity contribution in [1.29, 1.82) is 0 Å². The average molecular weight is 238 g/mol. The van der Waals surface area contributed by atoms with Gasteiger partial charge in [-0.15, -0.1) is 0 Å². The number of hydrogen-bond donors (Lipinski definition) is 2. The number of anilines is 1. The molecule has 0 saturated heterocycles. The molecule has 0 saturated carbocycles. The second-order valence-electron chi connectivity index (χ2n) is 4.07. The van der Waals surface area contributed by atoms with Gasteiger partial charge in [-0.05, 0) is 24.5 Å². The molecule has 0 spiro atoms. The van der Waals surface area contributed by atoms with E-state index < -0.39 is 0 Å². The largest absolute Gasteiger partial charge is 0.395 e. The Morgan fingerprint density at radius 3 is 2.35 bits per heavy atom. The molecule has 0 aliphatic carbocycles. The third kappa shape index (κ3) is 3.68. The van der Waals surface area contributed by atoms with Gasteiger partial charge < -0.3 is 15.1 Å². The quantitative estimate of drug-likeness (QED) is 0.757. The van der Waals surface area contributed by atoms with Gasteiger partial charge in [-0.1, -0.05) is 19.9 Å². The lowest BCUT2D eigenvalue weighted by atomic mass is 10.1. The summed E-state index contributed by atoms with van der Waals surface area (Å²) in [4.78, 5) is 6.47. The van der Waals surface area contributed by atoms with Gasteiger partial charge in [-0.2, -0.15) is 0 Å². The minimum absolute atomic E-state index is 0.0122. The maximum Gasteiger partial charge on any atom is 0.128 e. The molecule has 1 aromatic rings. The molecule has 1 heterocycles. The molecule has 0 bridgehead atoms. The summed E-state index contributed by atoms with van der Waals surface area (Å²) < 4.78 is 0. The van der Waals surface area contributed by atoms with E-state index in [0.717, 1.165) is 24.2 Å². The molecule has 0 aromatic carbocycles. The van der Waals surface area contributed by atoms with Gasteiger partial charge >= 0.3 is 0 Å². The summed E-state index contributed by atoms with van der Waals surface area (Å²) in [6.45, 7) is 5.01. The van der Waals surface area contributed by atoms with Gasteiger partial charge in [-0.25, -0.2) is 4.98 Å². The van der Waals surface area contributed by atoms with E-state index >= 15 is 0 Å². The Bertz CT molecular complexity index is 310. The van der Waals surface area contributed by atoms with Crippen molar-refractivity contribution in [2.45, 2.75) is 39.3 Å². The fraction of sp³-hybridized carbons (Fsp3) is 0.615. The van der Waals surface area contributed by atoms with Crippen molar-refractivity contribution < 1.29 is 10.2 Å². The van der Waals surface area contributed by atoms with Crippen molar-refractivity contribution in [2.75, 3.05) is 18.1 Å². The molecule has 96 valence electrons. The second-order valence-corrected chi connectivity index (χ2v) is 4.07. The van der Waals surface area contributed by atoms with Crippen molar-refractivity contribution in [3.63, 3.8) is 0 Å². The SMILES string of the molecule is CCC(CC)N(CCO)c1ccc(CO)cn1. The van der Waals surface area contributed by atoms with Crippen molar-refractivity contribution in [3.05, 3.63) is 23.9 Å². The Morgan fingerprint density at radius 1 is 1.24 bits per heavy atom. The number of nitrogens with zero attached hydrogens (tertiary/aromatic N) is 2. The van der Waals surface area contributed by atoms with E-state index in [-0.39, 0.29) is 13.2 Å². The number of aliphatic hydroxyl groups is 2. The normalized spacial score (nSPS) is 10.9. The molecule has 0 atom stereocenters. The zero-order valence-corrected chi connectivity index (χ0v) is 10.6. The maximum absolute atomic E-state index is 9.13. The second kappa shape index (κ2) is 7.25. The predicted octanol–water partition coefficient (Wildman–Crippen LogP) is 1.56. The fourth-order valence-electron chi connectivity index (χ4n) is 2.00. The molecule has 0 radical (unpaired) electrons. The lowest BCUT2D eigenvalue weighted by Crippen LogP contribution is -2.37. The zero-order valence-electron chi connectivity index (χ0n) is 10.6. The molecule has 1 aromatic heterocycles. The first-order valence-corrected chi connectivity index (χ1v) is 6.20. The third-order valence-electron chi connectivity index (χ3n) is 3.01. The third-order valence-corrected chi connectivity index (χ3v) is 3.01. The van der Waals surface area contributed by atoms with E-state index in [1.165, 1.54) is 0 Å². The van der Waals surface area contributed by atoms with Crippen molar-refractivity contribution in [2.24, 2.45) is 0 Å². The summed E-state index contributed by atoms with van der Waals surface area (Å²) in [7, 11) is 0. The van der Waals surface area contributed by atoms with Crippen molar-refractivity contribution in [3.8, 4) is 0 Å². The Labute approximate surface area is 103 Å². The van der Waals surface area contributed by atoms with Crippen LogP contribution in [0.5, 0.6) is 0 Å². The fourth-order valence-corrected chi connectivity index (χ4v) is 2.00. The zero-order chi connectivity index (χ0) is 12.7. The number of hydrogen-bond acceptors (Lipinski definition) is 4. The van der Waals surface area contributed by atoms with Crippen LogP contribution >= 0.6 is 0 Å². The Hall–Kier alpha value is -1.13. The van der Waals surface area contributed by atoms with E-state index in [1.807, 2.05) is 12.1 Å². The molecule has 0 aliphatic heterocycles. The standard InChI is InChI=1S/C13H22N2O2/c1-3-12(4-2)15(7-8-16)13-6-5-11(10-17)9-14-13/h5-6,9,12,16-17H,3-4,7-8,10H2,1-2H3. The van der Waals surface area contributed by atoms with E-state index in [9.17, 15) is 0 Å². The van der Waals surface area contributed by atoms with Crippen LogP contribution < -0.4 is 4.90 Å². The molecular formula is C13H22N2O2. The molecule has 4 heteroatoms. The molecule has 4 nitrogen and oxygen atoms in total. The van der Waals surface area contributed by atoms with Crippen LogP contribution in [-0.4, -0.2) is 34.4 Å². The Kier molecular flexibility index (Phi) is 5.94. The summed E-state index contributed by atoms with van der Waals surface area (Å²) in [5.41, 5.74) is 0.808. The van der Waals surface area contributed by atoms with Crippen molar-refractivity contribution >= 4 is 5.82 Å². The van der Waals surface area contributed by atoms with Crippen LogP contribution in [0.25, 0.3) is 0 Å². The van der Waals surface area contributed by atoms with E-state index in [2.05, 4.69) is 23.7 Å². The summed E-state index contributed by atoms with van der Waals surface area (Å²) in [6.07, 6.45) is 3.74. The highest BCUT2D eigenvalue weighted by Gasteiger charge is 2.15. The predicted molar refractivity (Wildman–Crippen MR) is 69.0 cm³/mol. The molecule has 0 amide bonds. The van der Waals surface area contributed by atoms with Crippen LogP contribution in [0.1, 0.15) is 32.3 Å². The monoisotopic (exact) mass is 238 g/mol. The lowest BCUT2D eigenvalue weighted by molar-refractivity contribution is 0.281. The number of pyridine rings is 1. The number of rotatable bonds is 7. The molecule has 2 N–H and O–H groups in total. The molecule has 1 rings (SSSR count). The number of aliphatic hydroxyl groups excluding tert-OH is 2. The highest BCUT2D eigenvalue weighted by molar-refractivity contribution is 5.40. The van der Waals surface area contributed by atoms with Crippen LogP contribution in [0.4, 0.5) is 5.82 Å². The summed E-state index contributed by atoms with van der Waals surface area (Å²) in [5.74, 6) is 0.866. The van der Waals surface area contributed by atoms with Gasteiger partial charge in [0.05, 0.1) is 13.2 Å². The van der Waals surface area contributed by atoms with E-state index in [0.29, 0.717) is 12.6 Å². The van der Waals surface area contributed by atoms with Gasteiger partial charge in [0.15, 0.2) is 0 Å². The van der Waals surface area contributed by atoms with Crippen LogP contribution in [0.15, 0.2) is 18.3 Å². The first-order chi connectivity index (χ1) is 8.26. The van der Waals surface area contributed by atoms with Crippen molar-refractivity contribution in [1.82, 2.24) is 4.98 Å². The smallest absolute Gasteiger partial charge is 0.128 e. The summed E-state index contributed by atoms with van der Waals surface area (Å²) in [5, 5.41) is 18.1. The Balaban J connectivity index is 2.87. The molecule has 17 heavy (non-hydrogen) atoms. The van der Waals surface area contributed by atoms with Gasteiger partial charge in [0.1, 0.15) is 5.82 Å². The van der Waals surface area contributed by atoms with Crippen LogP contribution in [0.3, 0.4) is 0 Å². The first-order valence-electron chi connectivity index (χ1n) is 6.20. The summed E-state index contributed by atoms with van der Waals surface area (Å²) in [6, 6.07) is 4.17. The lowest BCUT2D eigenvalue weighted by Gasteiger charge is -2.31. The summed E-state index contributed by atoms with van der Waals surface area (Å²) >= 11 is 0. The highest BCUT2D eigenvalue weighted by atomic mass is 16.3. The first kappa shape index (κ1) is 13.9. The van der Waals surface area contributed by atoms with E-state index in [4.69, 9.17) is 10.2 Å². The van der Waals surface area contributed by atoms with Gasteiger partial charge in [0.25, 0.3) is 0 Å². The van der Waals surface area contributed by atoms with Gasteiger partial charge in [0, 0.05) is 18.8 Å². The van der Waals surface area contributed by atoms with Gasteiger partial charge in [-0.3, -0.25) is 0 Å². The van der Waals surface area contributed by atoms with Crippen LogP contribution in [0, 0.1) is 0 Å². The molecule has 0 fully saturated rings. The molecular weight excluding hydrogens is 216 g/mol. The molecule has 0 aliphatic rings. The maximum atomic E-state index is 9.13. The van der Waals surface area contributed by atoms with Crippen LogP contribution in [0.2, 0.25) is 0 Å². The number of aromatic nitrogens is 1. The topological polar surface area (TPSA) is 56.6 Å². The van der Waals surface area contributed by atoms with E-state index in [1.54, 1.807) is 6.20 Å². The minimum Gasteiger partial charge on any atom is -0.395 e. The van der Waals surface area contributed by atoms with Gasteiger partial charge in [0.2, 0.25) is 0 Å². The minimum atomic E-state index is 0.0122. The average Bonchev–Trinajstić information content (AvgIpc) is 2.39. The molecule has 0 unspecified atom stereocenters. The Morgan fingerprint density at radius 2 is 1.94 bits per heavy atom.